The summed E-state index contributed by atoms with van der Waals surface area (Å²) < 4.78 is 50.2. The lowest BCUT2D eigenvalue weighted by Crippen LogP contribution is -2.39. The van der Waals surface area contributed by atoms with E-state index >= 15 is 0 Å². The van der Waals surface area contributed by atoms with Gasteiger partial charge in [-0.2, -0.15) is 10.2 Å². The van der Waals surface area contributed by atoms with Crippen LogP contribution in [-0.2, 0) is 58.7 Å². The molecule has 544 valence electrons. The number of nitrogens with two attached hydrogens (primary N) is 1. The van der Waals surface area contributed by atoms with Gasteiger partial charge in [0.2, 0.25) is 38.5 Å². The number of carbonyl (C=O) groups excluding carboxylic acids is 5. The van der Waals surface area contributed by atoms with Gasteiger partial charge >= 0.3 is 17.8 Å². The number of nitrogens with one attached hydrogen (secondary N) is 4. The number of aromatic nitrogens is 6. The Morgan fingerprint density at radius 1 is 0.592 bits per heavy atom. The molecule has 3 aromatic carbocycles. The third-order valence-electron chi connectivity index (χ3n) is 16.9. The van der Waals surface area contributed by atoms with E-state index < -0.39 is 27.1 Å². The Morgan fingerprint density at radius 3 is 1.44 bits per heavy atom. The number of ether oxygens (including phenoxy) is 4. The molecular formula is C69H72Cl5N13O15S. The van der Waals surface area contributed by atoms with Gasteiger partial charge < -0.3 is 57.8 Å². The van der Waals surface area contributed by atoms with Crippen LogP contribution < -0.4 is 51.4 Å². The van der Waals surface area contributed by atoms with Gasteiger partial charge in [-0.15, -0.1) is 0 Å². The van der Waals surface area contributed by atoms with Crippen molar-refractivity contribution < 1.29 is 70.3 Å². The third kappa shape index (κ3) is 17.4. The number of rotatable bonds is 12. The highest BCUT2D eigenvalue weighted by Gasteiger charge is 2.39. The van der Waals surface area contributed by atoms with Crippen LogP contribution in [0.25, 0.3) is 22.1 Å². The zero-order chi connectivity index (χ0) is 75.6. The number of esters is 1. The second-order valence-electron chi connectivity index (χ2n) is 25.9. The monoisotopic (exact) mass is 1530 g/mol. The first-order valence-corrected chi connectivity index (χ1v) is 35.1. The maximum absolute atomic E-state index is 12.7. The topological polar surface area (TPSA) is 358 Å². The van der Waals surface area contributed by atoms with Crippen LogP contribution in [0.3, 0.4) is 0 Å². The van der Waals surface area contributed by atoms with Crippen LogP contribution in [0.1, 0.15) is 132 Å². The number of furan rings is 3. The molecule has 10 heterocycles. The van der Waals surface area contributed by atoms with Gasteiger partial charge in [0.25, 0.3) is 17.8 Å². The number of anilines is 5. The van der Waals surface area contributed by atoms with Gasteiger partial charge in [-0.05, 0) is 122 Å². The van der Waals surface area contributed by atoms with Crippen molar-refractivity contribution in [2.75, 3.05) is 47.2 Å². The molecule has 103 heavy (non-hydrogen) atoms. The minimum Gasteiger partial charge on any atom is -0.475 e. The molecule has 7 aromatic heterocycles. The summed E-state index contributed by atoms with van der Waals surface area (Å²) in [5, 5.41) is 23.4. The average Bonchev–Trinajstić information content (AvgIpc) is 1.68. The number of hydrogen-bond donors (Lipinski definition) is 6. The van der Waals surface area contributed by atoms with Crippen LogP contribution in [0.15, 0.2) is 98.2 Å². The number of nitrogens with zero attached hydrogens (tertiary/aromatic N) is 8. The summed E-state index contributed by atoms with van der Waals surface area (Å²) in [4.78, 5) is 83.2. The Kier molecular flexibility index (Phi) is 23.2. The van der Waals surface area contributed by atoms with Crippen molar-refractivity contribution >= 4 is 152 Å². The molecule has 7 N–H and O–H groups in total. The SMILES string of the molecule is CN1C(=O)CC(C)(C)c2cc(Oc3ccc(C(=O)O)o3)c(Cl)cc21.COC(=O)c1ccc(Oc2cc3c(cc2Cl)NC(=O)CC3(C)C)o1.Cc1cc(NN)nc2c1c(C)nn2C.Cc1cc(NNC(=O)c2ccc(Oc3cc4c(cc3Cl)N(C)C(=O)CC4(C)C)o2)nc2c1c(C)nn2C.O=S(Cl)Cl. The fraction of sp³-hybridized carbons (Fsp3) is 0.304. The van der Waals surface area contributed by atoms with Crippen molar-refractivity contribution in [1.82, 2.24) is 35.0 Å². The van der Waals surface area contributed by atoms with Crippen LogP contribution in [0.2, 0.25) is 15.1 Å². The number of aryl methyl sites for hydroxylation is 6. The molecule has 3 aliphatic rings. The smallest absolute Gasteiger partial charge is 0.374 e. The van der Waals surface area contributed by atoms with Crippen molar-refractivity contribution in [2.24, 2.45) is 19.9 Å². The van der Waals surface area contributed by atoms with E-state index in [9.17, 15) is 28.8 Å². The number of nitrogen functional groups attached to an aromatic ring is 1. The van der Waals surface area contributed by atoms with Crippen LogP contribution in [-0.4, -0.2) is 95.6 Å². The summed E-state index contributed by atoms with van der Waals surface area (Å²) in [6.07, 6.45) is 1.12. The number of pyridine rings is 2. The van der Waals surface area contributed by atoms with E-state index in [1.807, 2.05) is 102 Å². The van der Waals surface area contributed by atoms with E-state index in [4.69, 9.17) is 77.4 Å². The number of hydrazine groups is 2. The fourth-order valence-corrected chi connectivity index (χ4v) is 12.5. The van der Waals surface area contributed by atoms with Gasteiger partial charge in [-0.25, -0.2) is 29.6 Å². The largest absolute Gasteiger partial charge is 0.475 e. The van der Waals surface area contributed by atoms with E-state index in [1.165, 1.54) is 37.4 Å². The summed E-state index contributed by atoms with van der Waals surface area (Å²) in [6.45, 7) is 19.8. The second-order valence-corrected chi connectivity index (χ2v) is 29.6. The molecule has 0 bridgehead atoms. The molecule has 0 radical (unpaired) electrons. The van der Waals surface area contributed by atoms with Crippen molar-refractivity contribution in [2.45, 2.75) is 105 Å². The van der Waals surface area contributed by atoms with E-state index in [0.29, 0.717) is 74.5 Å². The van der Waals surface area contributed by atoms with E-state index in [0.717, 1.165) is 67.0 Å². The Morgan fingerprint density at radius 2 is 0.990 bits per heavy atom. The highest BCUT2D eigenvalue weighted by atomic mass is 36.0. The number of amides is 4. The van der Waals surface area contributed by atoms with Crippen molar-refractivity contribution in [3.05, 3.63) is 156 Å². The standard InChI is InChI=1S/C26H27ClN6O4.2C17H16ClNO5.C9H13N5.Cl2OS/c1-13-9-20(28-24-23(13)14(2)31-33(24)6)29-30-25(35)18-7-8-22(36-18)37-19-10-15-17(11-16(19)27)32(5)21(34)12-26(15,3)4;1-17(2)8-14(20)19-11-7-10(18)13(6-9(11)17)24-15-5-4-12(23-15)16(21)22-3;1-17(2)8-14(20)19(3)11-7-10(18)13(6-9(11)17)24-15-5-4-12(23-15)16(21)22;1-5-4-7(12-10)11-9-8(5)6(2)13-14(9)3;1-4(2)3/h7-11H,12H2,1-6H3,(H,28,29)(H,30,35);4-7H,8H2,1-3H3,(H,19,20);4-7H,8H2,1-3H3,(H,21,22);4H,10H2,1-3H3,(H,11,12);. The molecule has 0 unspecified atom stereocenters. The predicted octanol–water partition coefficient (Wildman–Crippen LogP) is 15.1. The first-order valence-electron chi connectivity index (χ1n) is 31.2. The number of aromatic carboxylic acids is 1. The maximum Gasteiger partial charge on any atom is 0.374 e. The highest BCUT2D eigenvalue weighted by Crippen LogP contribution is 2.48. The third-order valence-corrected chi connectivity index (χ3v) is 17.8. The number of hydrogen-bond acceptors (Lipinski definition) is 21. The Bertz CT molecular complexity index is 5020. The molecule has 3 aliphatic heterocycles. The predicted molar refractivity (Wildman–Crippen MR) is 392 cm³/mol. The number of benzene rings is 3. The highest BCUT2D eigenvalue weighted by molar-refractivity contribution is 8.26. The molecule has 0 aliphatic carbocycles. The van der Waals surface area contributed by atoms with E-state index in [1.54, 1.807) is 69.7 Å². The first kappa shape index (κ1) is 77.3. The molecule has 0 fully saturated rings. The van der Waals surface area contributed by atoms with Gasteiger partial charge in [0, 0.05) is 131 Å². The lowest BCUT2D eigenvalue weighted by atomic mass is 9.77. The van der Waals surface area contributed by atoms with Crippen LogP contribution in [0.4, 0.5) is 28.7 Å². The van der Waals surface area contributed by atoms with Gasteiger partial charge in [0.15, 0.2) is 17.1 Å². The van der Waals surface area contributed by atoms with Gasteiger partial charge in [0.05, 0.1) is 33.6 Å². The van der Waals surface area contributed by atoms with Crippen molar-refractivity contribution in [1.29, 1.82) is 0 Å². The maximum atomic E-state index is 12.7. The molecular weight excluding hydrogens is 1460 g/mol. The number of carbonyl (C=O) groups is 6. The molecule has 10 aromatic rings. The minimum atomic E-state index is -1.67. The second kappa shape index (κ2) is 31.0. The lowest BCUT2D eigenvalue weighted by molar-refractivity contribution is -0.120. The van der Waals surface area contributed by atoms with Crippen LogP contribution >= 0.6 is 56.2 Å². The van der Waals surface area contributed by atoms with Gasteiger partial charge in [0.1, 0.15) is 28.9 Å². The van der Waals surface area contributed by atoms with Crippen molar-refractivity contribution in [3.63, 3.8) is 0 Å². The molecule has 13 rings (SSSR count). The molecule has 0 saturated carbocycles. The first-order chi connectivity index (χ1) is 48.3. The Labute approximate surface area is 616 Å². The zero-order valence-corrected chi connectivity index (χ0v) is 62.9. The normalized spacial score (nSPS) is 14.4. The molecule has 0 saturated heterocycles. The number of halogens is 5. The van der Waals surface area contributed by atoms with Gasteiger partial charge in [-0.1, -0.05) is 76.3 Å². The lowest BCUT2D eigenvalue weighted by Gasteiger charge is -2.37. The van der Waals surface area contributed by atoms with Crippen LogP contribution in [0.5, 0.6) is 35.1 Å². The van der Waals surface area contributed by atoms with E-state index in [2.05, 4.69) is 67.9 Å². The number of fused-ring (bicyclic) bond motifs is 5. The van der Waals surface area contributed by atoms with Crippen LogP contribution in [0, 0.1) is 27.7 Å². The molecule has 0 atom stereocenters. The summed E-state index contributed by atoms with van der Waals surface area (Å²) in [5.41, 5.74) is 17.4. The number of methoxy groups -OCH3 is 1. The molecule has 28 nitrogen and oxygen atoms in total. The average molecular weight is 1530 g/mol. The Hall–Kier alpha value is -9.88. The van der Waals surface area contributed by atoms with Crippen molar-refractivity contribution in [3.8, 4) is 35.1 Å². The van der Waals surface area contributed by atoms with E-state index in [-0.39, 0.29) is 69.1 Å². The summed E-state index contributed by atoms with van der Waals surface area (Å²) in [7, 11) is 15.8. The number of carboxylic acids is 1. The quantitative estimate of drug-likeness (QED) is 0.0286. The van der Waals surface area contributed by atoms with Gasteiger partial charge in [-0.3, -0.25) is 39.4 Å². The molecule has 0 spiro atoms. The molecule has 4 amide bonds. The number of carboxylic acid groups (broad SMARTS) is 1. The zero-order valence-electron chi connectivity index (χ0n) is 58.3. The summed E-state index contributed by atoms with van der Waals surface area (Å²) >= 11 is 19.0. The minimum absolute atomic E-state index is 0.0226. The summed E-state index contributed by atoms with van der Waals surface area (Å²) in [6, 6.07) is 22.9. The Balaban J connectivity index is 0.000000164. The molecule has 34 heteroatoms. The fourth-order valence-electron chi connectivity index (χ4n) is 11.9. The summed E-state index contributed by atoms with van der Waals surface area (Å²) in [5.74, 6) is 5.39.